The van der Waals surface area contributed by atoms with Gasteiger partial charge in [-0.15, -0.1) is 0 Å². The van der Waals surface area contributed by atoms with E-state index >= 15 is 0 Å². The number of ether oxygens (including phenoxy) is 1. The number of rotatable bonds is 9. The van der Waals surface area contributed by atoms with E-state index in [1.807, 2.05) is 24.3 Å². The molecule has 2 saturated carbocycles. The van der Waals surface area contributed by atoms with Crippen molar-refractivity contribution in [2.45, 2.75) is 53.0 Å². The standard InChI is InChI=1S/C23H32N2O3/c1-15(2)13-19-21(23(19,3)4)22(27)24-12-11-16-5-9-18(10-6-16)28-14-20(26)25-17-7-8-17/h5-6,9-10,13,17,19,21H,7-8,11-12,14H2,1-4H3,(H,24,27)(H,25,26). The summed E-state index contributed by atoms with van der Waals surface area (Å²) < 4.78 is 5.51. The Morgan fingerprint density at radius 3 is 2.46 bits per heavy atom. The van der Waals surface area contributed by atoms with Gasteiger partial charge in [0, 0.05) is 12.6 Å². The summed E-state index contributed by atoms with van der Waals surface area (Å²) >= 11 is 0. The zero-order valence-corrected chi connectivity index (χ0v) is 17.4. The van der Waals surface area contributed by atoms with Crippen LogP contribution in [0, 0.1) is 17.3 Å². The van der Waals surface area contributed by atoms with E-state index in [-0.39, 0.29) is 29.8 Å². The van der Waals surface area contributed by atoms with Crippen molar-refractivity contribution in [3.05, 3.63) is 41.5 Å². The first-order valence-electron chi connectivity index (χ1n) is 10.2. The molecule has 1 aromatic carbocycles. The third-order valence-electron chi connectivity index (χ3n) is 5.65. The predicted molar refractivity (Wildman–Crippen MR) is 110 cm³/mol. The number of carbonyl (C=O) groups excluding carboxylic acids is 2. The maximum absolute atomic E-state index is 12.5. The molecule has 0 spiro atoms. The Kier molecular flexibility index (Phi) is 6.11. The number of amides is 2. The number of nitrogens with one attached hydrogen (secondary N) is 2. The lowest BCUT2D eigenvalue weighted by molar-refractivity contribution is -0.123. The van der Waals surface area contributed by atoms with E-state index in [4.69, 9.17) is 4.74 Å². The van der Waals surface area contributed by atoms with Gasteiger partial charge in [-0.2, -0.15) is 0 Å². The SMILES string of the molecule is CC(C)=CC1C(C(=O)NCCc2ccc(OCC(=O)NC3CC3)cc2)C1(C)C. The summed E-state index contributed by atoms with van der Waals surface area (Å²) in [5.41, 5.74) is 2.44. The molecule has 0 bridgehead atoms. The molecule has 2 aliphatic carbocycles. The van der Waals surface area contributed by atoms with Crippen LogP contribution < -0.4 is 15.4 Å². The molecular formula is C23H32N2O3. The molecule has 152 valence electrons. The van der Waals surface area contributed by atoms with Gasteiger partial charge in [-0.3, -0.25) is 9.59 Å². The Morgan fingerprint density at radius 1 is 1.18 bits per heavy atom. The van der Waals surface area contributed by atoms with Crippen LogP contribution in [0.2, 0.25) is 0 Å². The average Bonchev–Trinajstić information content (AvgIpc) is 3.52. The van der Waals surface area contributed by atoms with E-state index in [9.17, 15) is 9.59 Å². The molecule has 2 fully saturated rings. The third-order valence-corrected chi connectivity index (χ3v) is 5.65. The first kappa shape index (κ1) is 20.4. The Labute approximate surface area is 167 Å². The van der Waals surface area contributed by atoms with Crippen molar-refractivity contribution in [3.63, 3.8) is 0 Å². The fourth-order valence-electron chi connectivity index (χ4n) is 3.69. The lowest BCUT2D eigenvalue weighted by Gasteiger charge is -2.09. The van der Waals surface area contributed by atoms with Gasteiger partial charge in [0.2, 0.25) is 5.91 Å². The van der Waals surface area contributed by atoms with Crippen LogP contribution in [0.1, 0.15) is 46.1 Å². The number of carbonyl (C=O) groups is 2. The maximum Gasteiger partial charge on any atom is 0.258 e. The molecule has 5 heteroatoms. The molecule has 0 heterocycles. The van der Waals surface area contributed by atoms with Gasteiger partial charge in [-0.25, -0.2) is 0 Å². The highest BCUT2D eigenvalue weighted by molar-refractivity contribution is 5.83. The second-order valence-electron chi connectivity index (χ2n) is 8.88. The molecule has 1 aromatic rings. The Bertz CT molecular complexity index is 744. The molecule has 2 atom stereocenters. The van der Waals surface area contributed by atoms with Gasteiger partial charge < -0.3 is 15.4 Å². The van der Waals surface area contributed by atoms with E-state index in [0.29, 0.717) is 24.3 Å². The Morgan fingerprint density at radius 2 is 1.86 bits per heavy atom. The normalized spacial score (nSPS) is 22.1. The minimum Gasteiger partial charge on any atom is -0.484 e. The lowest BCUT2D eigenvalue weighted by Crippen LogP contribution is -2.30. The van der Waals surface area contributed by atoms with Crippen molar-refractivity contribution in [2.24, 2.45) is 17.3 Å². The quantitative estimate of drug-likeness (QED) is 0.642. The Balaban J connectivity index is 1.38. The molecule has 5 nitrogen and oxygen atoms in total. The highest BCUT2D eigenvalue weighted by atomic mass is 16.5. The molecule has 28 heavy (non-hydrogen) atoms. The average molecular weight is 385 g/mol. The topological polar surface area (TPSA) is 67.4 Å². The van der Waals surface area contributed by atoms with Crippen LogP contribution in [0.4, 0.5) is 0 Å². The van der Waals surface area contributed by atoms with Crippen LogP contribution in [0.25, 0.3) is 0 Å². The summed E-state index contributed by atoms with van der Waals surface area (Å²) in [4.78, 5) is 24.1. The van der Waals surface area contributed by atoms with Crippen LogP contribution in [0.5, 0.6) is 5.75 Å². The molecular weight excluding hydrogens is 352 g/mol. The predicted octanol–water partition coefficient (Wildman–Crippen LogP) is 3.24. The molecule has 2 N–H and O–H groups in total. The largest absolute Gasteiger partial charge is 0.484 e. The van der Waals surface area contributed by atoms with Crippen molar-refractivity contribution in [1.82, 2.24) is 10.6 Å². The van der Waals surface area contributed by atoms with E-state index in [0.717, 1.165) is 24.8 Å². The first-order chi connectivity index (χ1) is 13.3. The van der Waals surface area contributed by atoms with Crippen LogP contribution in [-0.2, 0) is 16.0 Å². The summed E-state index contributed by atoms with van der Waals surface area (Å²) in [5.74, 6) is 1.17. The van der Waals surface area contributed by atoms with Gasteiger partial charge in [0.05, 0.1) is 5.92 Å². The van der Waals surface area contributed by atoms with E-state index in [1.165, 1.54) is 5.57 Å². The van der Waals surface area contributed by atoms with E-state index in [1.54, 1.807) is 0 Å². The number of hydrogen-bond acceptors (Lipinski definition) is 3. The van der Waals surface area contributed by atoms with Gasteiger partial charge in [-0.1, -0.05) is 37.6 Å². The van der Waals surface area contributed by atoms with Crippen LogP contribution in [-0.4, -0.2) is 31.0 Å². The zero-order valence-electron chi connectivity index (χ0n) is 17.4. The van der Waals surface area contributed by atoms with Gasteiger partial charge in [-0.05, 0) is 62.1 Å². The van der Waals surface area contributed by atoms with E-state index in [2.05, 4.69) is 44.4 Å². The summed E-state index contributed by atoms with van der Waals surface area (Å²) in [7, 11) is 0. The van der Waals surface area contributed by atoms with Crippen LogP contribution >= 0.6 is 0 Å². The fraction of sp³-hybridized carbons (Fsp3) is 0.565. The summed E-state index contributed by atoms with van der Waals surface area (Å²) in [6.07, 6.45) is 5.14. The number of allylic oxidation sites excluding steroid dienone is 2. The maximum atomic E-state index is 12.5. The zero-order chi connectivity index (χ0) is 20.3. The summed E-state index contributed by atoms with van der Waals surface area (Å²) in [6.45, 7) is 9.15. The van der Waals surface area contributed by atoms with Crippen LogP contribution in [0.3, 0.4) is 0 Å². The van der Waals surface area contributed by atoms with Gasteiger partial charge >= 0.3 is 0 Å². The number of benzene rings is 1. The molecule has 2 amide bonds. The van der Waals surface area contributed by atoms with Gasteiger partial charge in [0.15, 0.2) is 6.61 Å². The third kappa shape index (κ3) is 5.37. The lowest BCUT2D eigenvalue weighted by atomic mass is 10.1. The van der Waals surface area contributed by atoms with Crippen molar-refractivity contribution in [1.29, 1.82) is 0 Å². The van der Waals surface area contributed by atoms with Crippen molar-refractivity contribution < 1.29 is 14.3 Å². The molecule has 2 aliphatic rings. The second-order valence-corrected chi connectivity index (χ2v) is 8.88. The minimum absolute atomic E-state index is 0.0478. The van der Waals surface area contributed by atoms with Gasteiger partial charge in [0.25, 0.3) is 5.91 Å². The minimum atomic E-state index is -0.0660. The highest BCUT2D eigenvalue weighted by Crippen LogP contribution is 2.59. The second kappa shape index (κ2) is 8.38. The van der Waals surface area contributed by atoms with Crippen molar-refractivity contribution >= 4 is 11.8 Å². The van der Waals surface area contributed by atoms with E-state index < -0.39 is 0 Å². The first-order valence-corrected chi connectivity index (χ1v) is 10.2. The summed E-state index contributed by atoms with van der Waals surface area (Å²) in [5, 5.41) is 5.98. The van der Waals surface area contributed by atoms with Crippen molar-refractivity contribution in [2.75, 3.05) is 13.2 Å². The monoisotopic (exact) mass is 384 g/mol. The number of hydrogen-bond donors (Lipinski definition) is 2. The summed E-state index contributed by atoms with van der Waals surface area (Å²) in [6, 6.07) is 8.06. The molecule has 0 aliphatic heterocycles. The molecule has 2 unspecified atom stereocenters. The molecule has 0 radical (unpaired) electrons. The Hall–Kier alpha value is -2.30. The molecule has 0 saturated heterocycles. The van der Waals surface area contributed by atoms with Crippen LogP contribution in [0.15, 0.2) is 35.9 Å². The van der Waals surface area contributed by atoms with Gasteiger partial charge in [0.1, 0.15) is 5.75 Å². The molecule has 0 aromatic heterocycles. The van der Waals surface area contributed by atoms with Crippen molar-refractivity contribution in [3.8, 4) is 5.75 Å². The fourth-order valence-corrected chi connectivity index (χ4v) is 3.69. The molecule has 3 rings (SSSR count). The smallest absolute Gasteiger partial charge is 0.258 e. The highest BCUT2D eigenvalue weighted by Gasteiger charge is 2.60.